The molecule has 5 nitrogen and oxygen atoms in total. The second-order valence-electron chi connectivity index (χ2n) is 6.45. The van der Waals surface area contributed by atoms with Crippen LogP contribution in [0.1, 0.15) is 22.3 Å². The van der Waals surface area contributed by atoms with Gasteiger partial charge in [0.15, 0.2) is 0 Å². The fourth-order valence-electron chi connectivity index (χ4n) is 3.55. The normalized spacial score (nSPS) is 14.3. The first kappa shape index (κ1) is 15.8. The topological polar surface area (TPSA) is 56.8 Å². The van der Waals surface area contributed by atoms with Crippen molar-refractivity contribution >= 4 is 11.6 Å². The van der Waals surface area contributed by atoms with Crippen molar-refractivity contribution in [2.45, 2.75) is 26.2 Å². The monoisotopic (exact) mass is 339 g/mol. The highest BCUT2D eigenvalue weighted by molar-refractivity contribution is 5.94. The molecule has 0 aromatic heterocycles. The summed E-state index contributed by atoms with van der Waals surface area (Å²) in [7, 11) is 1.60. The molecule has 0 saturated carbocycles. The Morgan fingerprint density at radius 3 is 2.88 bits per heavy atom. The molecule has 2 heterocycles. The number of anilines is 1. The van der Waals surface area contributed by atoms with E-state index in [1.165, 1.54) is 0 Å². The van der Waals surface area contributed by atoms with Crippen molar-refractivity contribution in [1.29, 1.82) is 0 Å². The quantitative estimate of drug-likeness (QED) is 0.930. The first-order chi connectivity index (χ1) is 12.2. The maximum Gasteiger partial charge on any atom is 0.229 e. The average molecular weight is 339 g/mol. The zero-order valence-electron chi connectivity index (χ0n) is 14.5. The third kappa shape index (κ3) is 2.90. The van der Waals surface area contributed by atoms with Gasteiger partial charge in [-0.3, -0.25) is 4.79 Å². The van der Waals surface area contributed by atoms with E-state index in [2.05, 4.69) is 11.4 Å². The molecule has 0 atom stereocenters. The van der Waals surface area contributed by atoms with E-state index < -0.39 is 0 Å². The minimum absolute atomic E-state index is 0.0816. The van der Waals surface area contributed by atoms with Crippen molar-refractivity contribution in [3.8, 4) is 17.2 Å². The molecule has 130 valence electrons. The van der Waals surface area contributed by atoms with E-state index in [1.54, 1.807) is 7.11 Å². The van der Waals surface area contributed by atoms with Gasteiger partial charge >= 0.3 is 0 Å². The predicted molar refractivity (Wildman–Crippen MR) is 94.9 cm³/mol. The Morgan fingerprint density at radius 2 is 2.04 bits per heavy atom. The number of hydrogen-bond acceptors (Lipinski definition) is 4. The van der Waals surface area contributed by atoms with Crippen molar-refractivity contribution in [1.82, 2.24) is 0 Å². The van der Waals surface area contributed by atoms with Crippen LogP contribution in [0.3, 0.4) is 0 Å². The number of benzene rings is 2. The van der Waals surface area contributed by atoms with Crippen LogP contribution in [0.2, 0.25) is 0 Å². The van der Waals surface area contributed by atoms with Crippen molar-refractivity contribution in [3.63, 3.8) is 0 Å². The number of methoxy groups -OCH3 is 1. The van der Waals surface area contributed by atoms with Gasteiger partial charge in [0.25, 0.3) is 0 Å². The van der Waals surface area contributed by atoms with Crippen molar-refractivity contribution < 1.29 is 19.0 Å². The van der Waals surface area contributed by atoms with E-state index in [-0.39, 0.29) is 12.3 Å². The molecule has 2 aliphatic rings. The summed E-state index contributed by atoms with van der Waals surface area (Å²) >= 11 is 0. The zero-order valence-corrected chi connectivity index (χ0v) is 14.5. The SMILES string of the molecule is COc1ccc(C)cc1NC(=O)Cc1c2c(cc3c1OCC3)OCC2. The zero-order chi connectivity index (χ0) is 17.4. The predicted octanol–water partition coefficient (Wildman–Crippen LogP) is 3.05. The van der Waals surface area contributed by atoms with Crippen LogP contribution in [-0.4, -0.2) is 26.2 Å². The number of carbonyl (C=O) groups is 1. The fraction of sp³-hybridized carbons (Fsp3) is 0.350. The molecule has 0 radical (unpaired) electrons. The van der Waals surface area contributed by atoms with Gasteiger partial charge in [-0.25, -0.2) is 0 Å². The smallest absolute Gasteiger partial charge is 0.229 e. The molecule has 0 bridgehead atoms. The summed E-state index contributed by atoms with van der Waals surface area (Å²) in [5.74, 6) is 2.35. The Morgan fingerprint density at radius 1 is 1.20 bits per heavy atom. The molecule has 0 spiro atoms. The Kier molecular flexibility index (Phi) is 3.99. The van der Waals surface area contributed by atoms with Gasteiger partial charge in [-0.2, -0.15) is 0 Å². The number of carbonyl (C=O) groups excluding carboxylic acids is 1. The van der Waals surface area contributed by atoms with Gasteiger partial charge in [-0.15, -0.1) is 0 Å². The Balaban J connectivity index is 1.61. The van der Waals surface area contributed by atoms with Crippen LogP contribution in [0.5, 0.6) is 17.2 Å². The minimum Gasteiger partial charge on any atom is -0.495 e. The summed E-state index contributed by atoms with van der Waals surface area (Å²) in [6.07, 6.45) is 1.96. The molecule has 1 N–H and O–H groups in total. The maximum atomic E-state index is 12.7. The molecular formula is C20H21NO4. The average Bonchev–Trinajstić information content (AvgIpc) is 3.23. The second kappa shape index (κ2) is 6.31. The second-order valence-corrected chi connectivity index (χ2v) is 6.45. The number of nitrogens with one attached hydrogen (secondary N) is 1. The molecule has 2 aliphatic heterocycles. The van der Waals surface area contributed by atoms with Crippen molar-refractivity contribution in [3.05, 3.63) is 46.5 Å². The van der Waals surface area contributed by atoms with Crippen LogP contribution < -0.4 is 19.5 Å². The van der Waals surface area contributed by atoms with Gasteiger partial charge in [-0.1, -0.05) is 6.07 Å². The standard InChI is InChI=1S/C20H21NO4/c1-12-3-4-17(23-2)16(9-12)21-19(22)11-15-14-6-8-24-18(14)10-13-5-7-25-20(13)15/h3-4,9-10H,5-8,11H2,1-2H3,(H,21,22). The maximum absolute atomic E-state index is 12.7. The van der Waals surface area contributed by atoms with Crippen LogP contribution in [0.25, 0.3) is 0 Å². The lowest BCUT2D eigenvalue weighted by atomic mass is 9.97. The summed E-state index contributed by atoms with van der Waals surface area (Å²) in [4.78, 5) is 12.7. The van der Waals surface area contributed by atoms with Crippen LogP contribution in [0, 0.1) is 6.92 Å². The first-order valence-electron chi connectivity index (χ1n) is 8.53. The number of ether oxygens (including phenoxy) is 3. The highest BCUT2D eigenvalue weighted by Crippen LogP contribution is 2.41. The highest BCUT2D eigenvalue weighted by atomic mass is 16.5. The number of fused-ring (bicyclic) bond motifs is 2. The summed E-state index contributed by atoms with van der Waals surface area (Å²) in [6.45, 7) is 3.31. The summed E-state index contributed by atoms with van der Waals surface area (Å²) in [5.41, 5.74) is 4.96. The number of hydrogen-bond donors (Lipinski definition) is 1. The molecule has 2 aromatic rings. The molecular weight excluding hydrogens is 318 g/mol. The van der Waals surface area contributed by atoms with E-state index >= 15 is 0 Å². The Labute approximate surface area is 146 Å². The lowest BCUT2D eigenvalue weighted by Gasteiger charge is -2.14. The highest BCUT2D eigenvalue weighted by Gasteiger charge is 2.27. The summed E-state index contributed by atoms with van der Waals surface area (Å²) in [6, 6.07) is 7.79. The molecule has 25 heavy (non-hydrogen) atoms. The van der Waals surface area contributed by atoms with Crippen LogP contribution in [0.4, 0.5) is 5.69 Å². The number of amides is 1. The fourth-order valence-corrected chi connectivity index (χ4v) is 3.55. The van der Waals surface area contributed by atoms with E-state index in [1.807, 2.05) is 25.1 Å². The van der Waals surface area contributed by atoms with Gasteiger partial charge in [0, 0.05) is 29.5 Å². The molecule has 0 saturated heterocycles. The Bertz CT molecular complexity index is 812. The van der Waals surface area contributed by atoms with Crippen LogP contribution in [0.15, 0.2) is 24.3 Å². The van der Waals surface area contributed by atoms with E-state index in [0.717, 1.165) is 46.6 Å². The summed E-state index contributed by atoms with van der Waals surface area (Å²) < 4.78 is 16.9. The summed E-state index contributed by atoms with van der Waals surface area (Å²) in [5, 5.41) is 2.97. The Hall–Kier alpha value is -2.69. The molecule has 2 aromatic carbocycles. The largest absolute Gasteiger partial charge is 0.495 e. The third-order valence-corrected chi connectivity index (χ3v) is 4.73. The molecule has 0 unspecified atom stereocenters. The minimum atomic E-state index is -0.0816. The van der Waals surface area contributed by atoms with Gasteiger partial charge < -0.3 is 19.5 Å². The van der Waals surface area contributed by atoms with E-state index in [9.17, 15) is 4.79 Å². The molecule has 1 amide bonds. The van der Waals surface area contributed by atoms with Crippen molar-refractivity contribution in [2.75, 3.05) is 25.6 Å². The first-order valence-corrected chi connectivity index (χ1v) is 8.53. The molecule has 0 fully saturated rings. The lowest BCUT2D eigenvalue weighted by Crippen LogP contribution is -2.16. The third-order valence-electron chi connectivity index (χ3n) is 4.73. The molecule has 4 rings (SSSR count). The van der Waals surface area contributed by atoms with Crippen LogP contribution in [-0.2, 0) is 24.1 Å². The van der Waals surface area contributed by atoms with E-state index in [4.69, 9.17) is 14.2 Å². The van der Waals surface area contributed by atoms with Gasteiger partial charge in [0.1, 0.15) is 17.2 Å². The van der Waals surface area contributed by atoms with Gasteiger partial charge in [0.05, 0.1) is 32.4 Å². The van der Waals surface area contributed by atoms with E-state index in [0.29, 0.717) is 24.7 Å². The number of aryl methyl sites for hydroxylation is 1. The van der Waals surface area contributed by atoms with Crippen molar-refractivity contribution in [2.24, 2.45) is 0 Å². The van der Waals surface area contributed by atoms with Crippen LogP contribution >= 0.6 is 0 Å². The van der Waals surface area contributed by atoms with Gasteiger partial charge in [-0.05, 0) is 30.7 Å². The van der Waals surface area contributed by atoms with Gasteiger partial charge in [0.2, 0.25) is 5.91 Å². The molecule has 0 aliphatic carbocycles. The molecule has 5 heteroatoms. The lowest BCUT2D eigenvalue weighted by molar-refractivity contribution is -0.115. The number of rotatable bonds is 4.